The van der Waals surface area contributed by atoms with Crippen molar-refractivity contribution in [1.29, 1.82) is 0 Å². The molecule has 0 radical (unpaired) electrons. The van der Waals surface area contributed by atoms with E-state index in [1.54, 1.807) is 18.9 Å². The third-order valence-corrected chi connectivity index (χ3v) is 4.93. The van der Waals surface area contributed by atoms with Crippen LogP contribution in [0.25, 0.3) is 6.08 Å². The largest absolute Gasteiger partial charge is 0.493 e. The van der Waals surface area contributed by atoms with E-state index in [9.17, 15) is 18.4 Å². The van der Waals surface area contributed by atoms with Crippen molar-refractivity contribution in [2.45, 2.75) is 57.8 Å². The molecule has 29 heavy (non-hydrogen) atoms. The number of nitrogens with zero attached hydrogens (tertiary/aromatic N) is 1. The molecule has 2 rings (SSSR count). The summed E-state index contributed by atoms with van der Waals surface area (Å²) in [6, 6.07) is 4.46. The van der Waals surface area contributed by atoms with Crippen molar-refractivity contribution in [3.63, 3.8) is 0 Å². The van der Waals surface area contributed by atoms with Crippen LogP contribution >= 0.6 is 0 Å². The molecule has 1 aromatic rings. The van der Waals surface area contributed by atoms with E-state index >= 15 is 0 Å². The summed E-state index contributed by atoms with van der Waals surface area (Å²) < 4.78 is 39.3. The molecule has 1 aliphatic rings. The molecule has 0 bridgehead atoms. The van der Waals surface area contributed by atoms with Crippen LogP contribution in [0.15, 0.2) is 24.3 Å². The zero-order valence-corrected chi connectivity index (χ0v) is 16.9. The Hall–Kier alpha value is -2.64. The minimum atomic E-state index is -2.97. The molecule has 0 saturated heterocycles. The second-order valence-electron chi connectivity index (χ2n) is 6.94. The lowest BCUT2D eigenvalue weighted by Gasteiger charge is -2.32. The van der Waals surface area contributed by atoms with Crippen LogP contribution in [-0.2, 0) is 14.3 Å². The van der Waals surface area contributed by atoms with E-state index in [-0.39, 0.29) is 23.4 Å². The van der Waals surface area contributed by atoms with Crippen molar-refractivity contribution in [2.24, 2.45) is 0 Å². The number of benzene rings is 1. The van der Waals surface area contributed by atoms with Crippen molar-refractivity contribution in [1.82, 2.24) is 4.90 Å². The number of hydrogen-bond donors (Lipinski definition) is 0. The number of esters is 1. The zero-order valence-electron chi connectivity index (χ0n) is 16.9. The van der Waals surface area contributed by atoms with Crippen LogP contribution in [-0.4, -0.2) is 49.7 Å². The van der Waals surface area contributed by atoms with Crippen molar-refractivity contribution in [2.75, 3.05) is 14.2 Å². The fourth-order valence-electron chi connectivity index (χ4n) is 3.34. The molecular formula is C21H27F2NO5. The zero-order chi connectivity index (χ0) is 21.4. The second-order valence-corrected chi connectivity index (χ2v) is 6.94. The van der Waals surface area contributed by atoms with E-state index in [2.05, 4.69) is 4.74 Å². The normalized spacial score (nSPS) is 15.9. The fourth-order valence-corrected chi connectivity index (χ4v) is 3.34. The first-order chi connectivity index (χ1) is 13.8. The highest BCUT2D eigenvalue weighted by molar-refractivity contribution is 5.90. The fraction of sp³-hybridized carbons (Fsp3) is 0.524. The predicted octanol–water partition coefficient (Wildman–Crippen LogP) is 4.03. The number of rotatable bonds is 8. The Balaban J connectivity index is 1.93. The topological polar surface area (TPSA) is 65.1 Å². The van der Waals surface area contributed by atoms with E-state index in [0.29, 0.717) is 5.56 Å². The first-order valence-electron chi connectivity index (χ1n) is 9.60. The molecule has 0 spiro atoms. The van der Waals surface area contributed by atoms with Crippen LogP contribution in [0.2, 0.25) is 0 Å². The van der Waals surface area contributed by atoms with Gasteiger partial charge in [0.2, 0.25) is 0 Å². The number of alkyl halides is 2. The molecule has 1 aromatic carbocycles. The summed E-state index contributed by atoms with van der Waals surface area (Å²) >= 11 is 0. The number of likely N-dealkylation sites (N-methyl/N-ethyl adjacent to an activating group) is 1. The summed E-state index contributed by atoms with van der Waals surface area (Å²) in [5.41, 5.74) is 0.527. The summed E-state index contributed by atoms with van der Waals surface area (Å²) in [4.78, 5) is 26.2. The molecule has 8 heteroatoms. The maximum atomic E-state index is 12.5. The Kier molecular flexibility index (Phi) is 8.42. The third kappa shape index (κ3) is 6.73. The summed E-state index contributed by atoms with van der Waals surface area (Å²) in [5, 5.41) is 0. The number of carbonyl (C=O) groups excluding carboxylic acids is 2. The predicted molar refractivity (Wildman–Crippen MR) is 104 cm³/mol. The summed E-state index contributed by atoms with van der Waals surface area (Å²) in [6.07, 6.45) is 7.05. The number of hydrogen-bond acceptors (Lipinski definition) is 5. The average Bonchev–Trinajstić information content (AvgIpc) is 2.72. The molecular weight excluding hydrogens is 384 g/mol. The molecule has 0 N–H and O–H groups in total. The summed E-state index contributed by atoms with van der Waals surface area (Å²) in [7, 11) is 3.07. The highest BCUT2D eigenvalue weighted by Gasteiger charge is 2.27. The third-order valence-electron chi connectivity index (χ3n) is 4.93. The molecule has 0 unspecified atom stereocenters. The lowest BCUT2D eigenvalue weighted by molar-refractivity contribution is -0.156. The monoisotopic (exact) mass is 411 g/mol. The van der Waals surface area contributed by atoms with Crippen molar-refractivity contribution >= 4 is 18.0 Å². The van der Waals surface area contributed by atoms with Gasteiger partial charge < -0.3 is 19.1 Å². The van der Waals surface area contributed by atoms with Crippen LogP contribution < -0.4 is 9.47 Å². The van der Waals surface area contributed by atoms with Crippen LogP contribution in [0.1, 0.15) is 44.6 Å². The molecule has 1 aliphatic carbocycles. The Morgan fingerprint density at radius 1 is 1.17 bits per heavy atom. The van der Waals surface area contributed by atoms with E-state index < -0.39 is 18.7 Å². The van der Waals surface area contributed by atoms with Gasteiger partial charge in [-0.25, -0.2) is 4.79 Å². The van der Waals surface area contributed by atoms with Gasteiger partial charge in [-0.15, -0.1) is 0 Å². The number of ether oxygens (including phenoxy) is 3. The van der Waals surface area contributed by atoms with E-state index in [4.69, 9.17) is 9.47 Å². The van der Waals surface area contributed by atoms with Gasteiger partial charge >= 0.3 is 12.6 Å². The van der Waals surface area contributed by atoms with Crippen LogP contribution in [0, 0.1) is 0 Å². The number of halogens is 2. The highest BCUT2D eigenvalue weighted by atomic mass is 19.3. The van der Waals surface area contributed by atoms with Gasteiger partial charge in [0.15, 0.2) is 17.6 Å². The van der Waals surface area contributed by atoms with E-state index in [0.717, 1.165) is 25.7 Å². The SMILES string of the molecule is COc1cc(/C=C/C(=O)O[C@@H](C)C(=O)N(C)C2CCCCC2)ccc1OC(F)F. The van der Waals surface area contributed by atoms with E-state index in [1.165, 1.54) is 43.9 Å². The first-order valence-corrected chi connectivity index (χ1v) is 9.60. The van der Waals surface area contributed by atoms with Gasteiger partial charge in [-0.05, 0) is 43.5 Å². The molecule has 1 atom stereocenters. The van der Waals surface area contributed by atoms with Gasteiger partial charge in [0.05, 0.1) is 7.11 Å². The minimum absolute atomic E-state index is 0.104. The maximum Gasteiger partial charge on any atom is 0.387 e. The molecule has 0 aliphatic heterocycles. The minimum Gasteiger partial charge on any atom is -0.493 e. The Morgan fingerprint density at radius 3 is 2.48 bits per heavy atom. The van der Waals surface area contributed by atoms with Gasteiger partial charge in [0, 0.05) is 19.2 Å². The lowest BCUT2D eigenvalue weighted by atomic mass is 9.94. The van der Waals surface area contributed by atoms with Crippen LogP contribution in [0.4, 0.5) is 8.78 Å². The van der Waals surface area contributed by atoms with Gasteiger partial charge in [0.25, 0.3) is 5.91 Å². The van der Waals surface area contributed by atoms with Gasteiger partial charge in [-0.3, -0.25) is 4.79 Å². The lowest BCUT2D eigenvalue weighted by Crippen LogP contribution is -2.44. The van der Waals surface area contributed by atoms with Gasteiger partial charge in [-0.1, -0.05) is 25.3 Å². The van der Waals surface area contributed by atoms with Crippen molar-refractivity contribution < 1.29 is 32.6 Å². The van der Waals surface area contributed by atoms with Crippen LogP contribution in [0.3, 0.4) is 0 Å². The quantitative estimate of drug-likeness (QED) is 0.477. The average molecular weight is 411 g/mol. The van der Waals surface area contributed by atoms with Crippen LogP contribution in [0.5, 0.6) is 11.5 Å². The maximum absolute atomic E-state index is 12.5. The highest BCUT2D eigenvalue weighted by Crippen LogP contribution is 2.30. The smallest absolute Gasteiger partial charge is 0.387 e. The molecule has 1 fully saturated rings. The van der Waals surface area contributed by atoms with E-state index in [1.807, 2.05) is 0 Å². The second kappa shape index (κ2) is 10.8. The van der Waals surface area contributed by atoms with Gasteiger partial charge in [0.1, 0.15) is 0 Å². The van der Waals surface area contributed by atoms with Crippen molar-refractivity contribution in [3.05, 3.63) is 29.8 Å². The molecule has 1 saturated carbocycles. The summed E-state index contributed by atoms with van der Waals surface area (Å²) in [6.45, 7) is -1.42. The number of carbonyl (C=O) groups is 2. The first kappa shape index (κ1) is 22.6. The Morgan fingerprint density at radius 2 is 1.86 bits per heavy atom. The standard InChI is InChI=1S/C21H27F2NO5/c1-14(20(26)24(2)16-7-5-4-6-8-16)28-19(25)12-10-15-9-11-17(29-21(22)23)18(13-15)27-3/h9-14,16,21H,4-8H2,1-3H3/b12-10+/t14-/m0/s1. The van der Waals surface area contributed by atoms with Crippen molar-refractivity contribution in [3.8, 4) is 11.5 Å². The Bertz CT molecular complexity index is 732. The number of methoxy groups -OCH3 is 1. The molecule has 160 valence electrons. The number of amides is 1. The summed E-state index contributed by atoms with van der Waals surface area (Å²) in [5.74, 6) is -0.894. The Labute approximate surface area is 169 Å². The molecule has 0 aromatic heterocycles. The molecule has 6 nitrogen and oxygen atoms in total. The molecule has 0 heterocycles. The molecule has 1 amide bonds. The van der Waals surface area contributed by atoms with Gasteiger partial charge in [-0.2, -0.15) is 8.78 Å².